The average molecular weight is 126 g/mol. The molecule has 0 atom stereocenters. The highest BCUT2D eigenvalue weighted by atomic mass is 16.4. The highest BCUT2D eigenvalue weighted by molar-refractivity contribution is 5.68. The zero-order valence-corrected chi connectivity index (χ0v) is 5.42. The normalized spacial score (nSPS) is 11.0. The van der Waals surface area contributed by atoms with E-state index in [9.17, 15) is 4.79 Å². The Balaban J connectivity index is 3.69. The number of rotatable bonds is 3. The summed E-state index contributed by atoms with van der Waals surface area (Å²) < 4.78 is 0. The summed E-state index contributed by atoms with van der Waals surface area (Å²) in [6, 6.07) is 0. The van der Waals surface area contributed by atoms with Crippen molar-refractivity contribution in [3.05, 3.63) is 24.3 Å². The fraction of sp³-hybridized carbons (Fsp3) is 0.286. The first-order valence-corrected chi connectivity index (χ1v) is 2.68. The largest absolute Gasteiger partial charge is 0.481 e. The molecule has 2 heteroatoms. The topological polar surface area (TPSA) is 37.3 Å². The number of aliphatic carboxylic acids is 1. The maximum absolute atomic E-state index is 9.94. The van der Waals surface area contributed by atoms with E-state index in [0.29, 0.717) is 0 Å². The van der Waals surface area contributed by atoms with E-state index in [2.05, 4.69) is 6.58 Å². The van der Waals surface area contributed by atoms with Gasteiger partial charge in [0.2, 0.25) is 0 Å². The summed E-state index contributed by atoms with van der Waals surface area (Å²) in [6.07, 6.45) is 3.33. The Morgan fingerprint density at radius 3 is 2.67 bits per heavy atom. The number of carbonyl (C=O) groups is 1. The molecule has 0 rings (SSSR count). The molecule has 0 unspecified atom stereocenters. The van der Waals surface area contributed by atoms with Crippen molar-refractivity contribution in [2.75, 3.05) is 0 Å². The fourth-order valence-corrected chi connectivity index (χ4v) is 0.332. The van der Waals surface area contributed by atoms with Crippen molar-refractivity contribution in [3.8, 4) is 0 Å². The lowest BCUT2D eigenvalue weighted by molar-refractivity contribution is -0.136. The second-order valence-corrected chi connectivity index (χ2v) is 1.75. The SMILES string of the molecule is C=C/C(C)=C\CC(=O)O. The summed E-state index contributed by atoms with van der Waals surface area (Å²) in [5.74, 6) is -0.809. The third-order valence-electron chi connectivity index (χ3n) is 0.921. The molecule has 9 heavy (non-hydrogen) atoms. The van der Waals surface area contributed by atoms with Crippen molar-refractivity contribution in [1.29, 1.82) is 0 Å². The summed E-state index contributed by atoms with van der Waals surface area (Å²) in [5, 5.41) is 8.18. The number of hydrogen-bond acceptors (Lipinski definition) is 1. The Morgan fingerprint density at radius 2 is 2.33 bits per heavy atom. The summed E-state index contributed by atoms with van der Waals surface area (Å²) >= 11 is 0. The molecular weight excluding hydrogens is 116 g/mol. The van der Waals surface area contributed by atoms with E-state index in [1.165, 1.54) is 0 Å². The number of allylic oxidation sites excluding steroid dienone is 2. The third kappa shape index (κ3) is 4.81. The maximum atomic E-state index is 9.94. The van der Waals surface area contributed by atoms with Gasteiger partial charge in [0, 0.05) is 0 Å². The Morgan fingerprint density at radius 1 is 1.78 bits per heavy atom. The molecule has 0 aliphatic rings. The summed E-state index contributed by atoms with van der Waals surface area (Å²) in [5.41, 5.74) is 0.900. The van der Waals surface area contributed by atoms with Gasteiger partial charge in [-0.2, -0.15) is 0 Å². The number of carboxylic acids is 1. The minimum absolute atomic E-state index is 0.0812. The van der Waals surface area contributed by atoms with E-state index in [-0.39, 0.29) is 6.42 Å². The monoisotopic (exact) mass is 126 g/mol. The summed E-state index contributed by atoms with van der Waals surface area (Å²) in [7, 11) is 0. The summed E-state index contributed by atoms with van der Waals surface area (Å²) in [6.45, 7) is 5.29. The van der Waals surface area contributed by atoms with E-state index in [1.807, 2.05) is 6.92 Å². The lowest BCUT2D eigenvalue weighted by Gasteiger charge is -1.86. The quantitative estimate of drug-likeness (QED) is 0.583. The van der Waals surface area contributed by atoms with E-state index in [0.717, 1.165) is 5.57 Å². The predicted octanol–water partition coefficient (Wildman–Crippen LogP) is 1.59. The smallest absolute Gasteiger partial charge is 0.307 e. The lowest BCUT2D eigenvalue weighted by atomic mass is 10.2. The van der Waals surface area contributed by atoms with Crippen LogP contribution in [0, 0.1) is 0 Å². The molecule has 0 fully saturated rings. The average Bonchev–Trinajstić information content (AvgIpc) is 1.83. The second kappa shape index (κ2) is 3.89. The standard InChI is InChI=1S/C7H10O2/c1-3-6(2)4-5-7(8)9/h3-4H,1,5H2,2H3,(H,8,9)/b6-4-. The molecule has 0 aromatic carbocycles. The molecule has 0 amide bonds. The van der Waals surface area contributed by atoms with Crippen LogP contribution in [-0.4, -0.2) is 11.1 Å². The van der Waals surface area contributed by atoms with Crippen LogP contribution in [0.3, 0.4) is 0 Å². The minimum Gasteiger partial charge on any atom is -0.481 e. The molecule has 0 spiro atoms. The molecular formula is C7H10O2. The van der Waals surface area contributed by atoms with Crippen LogP contribution in [0.15, 0.2) is 24.3 Å². The Labute approximate surface area is 54.5 Å². The van der Waals surface area contributed by atoms with Gasteiger partial charge in [0.1, 0.15) is 0 Å². The molecule has 50 valence electrons. The van der Waals surface area contributed by atoms with Gasteiger partial charge >= 0.3 is 5.97 Å². The van der Waals surface area contributed by atoms with E-state index >= 15 is 0 Å². The Bertz CT molecular complexity index is 145. The Hall–Kier alpha value is -1.05. The first kappa shape index (κ1) is 7.95. The molecule has 1 N–H and O–H groups in total. The third-order valence-corrected chi connectivity index (χ3v) is 0.921. The zero-order valence-electron chi connectivity index (χ0n) is 5.42. The van der Waals surface area contributed by atoms with Gasteiger partial charge < -0.3 is 5.11 Å². The lowest BCUT2D eigenvalue weighted by Crippen LogP contribution is -1.90. The van der Waals surface area contributed by atoms with E-state index in [1.54, 1.807) is 12.2 Å². The molecule has 0 radical (unpaired) electrons. The molecule has 0 aliphatic heterocycles. The van der Waals surface area contributed by atoms with Crippen LogP contribution in [0.1, 0.15) is 13.3 Å². The van der Waals surface area contributed by atoms with Gasteiger partial charge in [-0.15, -0.1) is 0 Å². The van der Waals surface area contributed by atoms with Crippen molar-refractivity contribution < 1.29 is 9.90 Å². The van der Waals surface area contributed by atoms with Crippen LogP contribution < -0.4 is 0 Å². The van der Waals surface area contributed by atoms with Crippen molar-refractivity contribution >= 4 is 5.97 Å². The Kier molecular flexibility index (Phi) is 3.44. The number of hydrogen-bond donors (Lipinski definition) is 1. The molecule has 0 saturated heterocycles. The van der Waals surface area contributed by atoms with Crippen molar-refractivity contribution in [3.63, 3.8) is 0 Å². The van der Waals surface area contributed by atoms with Crippen LogP contribution >= 0.6 is 0 Å². The number of carboxylic acid groups (broad SMARTS) is 1. The van der Waals surface area contributed by atoms with E-state index in [4.69, 9.17) is 5.11 Å². The van der Waals surface area contributed by atoms with Gasteiger partial charge in [-0.05, 0) is 6.92 Å². The fourth-order valence-electron chi connectivity index (χ4n) is 0.332. The second-order valence-electron chi connectivity index (χ2n) is 1.75. The maximum Gasteiger partial charge on any atom is 0.307 e. The summed E-state index contributed by atoms with van der Waals surface area (Å²) in [4.78, 5) is 9.94. The highest BCUT2D eigenvalue weighted by Crippen LogP contribution is 1.94. The van der Waals surface area contributed by atoms with Crippen molar-refractivity contribution in [2.45, 2.75) is 13.3 Å². The molecule has 0 saturated carbocycles. The molecule has 0 heterocycles. The predicted molar refractivity (Wildman–Crippen MR) is 36.2 cm³/mol. The molecule has 2 nitrogen and oxygen atoms in total. The van der Waals surface area contributed by atoms with Gasteiger partial charge in [0.05, 0.1) is 6.42 Å². The van der Waals surface area contributed by atoms with E-state index < -0.39 is 5.97 Å². The molecule has 0 aromatic heterocycles. The highest BCUT2D eigenvalue weighted by Gasteiger charge is 1.89. The first-order valence-electron chi connectivity index (χ1n) is 2.68. The molecule has 0 aliphatic carbocycles. The van der Waals surface area contributed by atoms with Crippen LogP contribution in [0.2, 0.25) is 0 Å². The van der Waals surface area contributed by atoms with Gasteiger partial charge in [-0.25, -0.2) is 0 Å². The van der Waals surface area contributed by atoms with Gasteiger partial charge in [-0.1, -0.05) is 24.3 Å². The molecule has 0 aromatic rings. The van der Waals surface area contributed by atoms with Crippen molar-refractivity contribution in [1.82, 2.24) is 0 Å². The van der Waals surface area contributed by atoms with Gasteiger partial charge in [0.15, 0.2) is 0 Å². The zero-order chi connectivity index (χ0) is 7.28. The van der Waals surface area contributed by atoms with Crippen LogP contribution in [0.5, 0.6) is 0 Å². The van der Waals surface area contributed by atoms with Gasteiger partial charge in [-0.3, -0.25) is 4.79 Å². The van der Waals surface area contributed by atoms with Crippen LogP contribution in [0.4, 0.5) is 0 Å². The van der Waals surface area contributed by atoms with Crippen molar-refractivity contribution in [2.24, 2.45) is 0 Å². The first-order chi connectivity index (χ1) is 4.16. The minimum atomic E-state index is -0.809. The molecule has 0 bridgehead atoms. The van der Waals surface area contributed by atoms with Crippen LogP contribution in [0.25, 0.3) is 0 Å². The van der Waals surface area contributed by atoms with Gasteiger partial charge in [0.25, 0.3) is 0 Å². The van der Waals surface area contributed by atoms with Crippen LogP contribution in [-0.2, 0) is 4.79 Å².